The quantitative estimate of drug-likeness (QED) is 0.246. The predicted molar refractivity (Wildman–Crippen MR) is 108 cm³/mol. The molecule has 27 heavy (non-hydrogen) atoms. The normalized spacial score (nSPS) is 14.3. The van der Waals surface area contributed by atoms with Crippen LogP contribution >= 0.6 is 0 Å². The maximum absolute atomic E-state index is 11.6. The van der Waals surface area contributed by atoms with E-state index in [0.717, 1.165) is 26.1 Å². The molecule has 0 unspecified atom stereocenters. The van der Waals surface area contributed by atoms with Crippen LogP contribution in [0.5, 0.6) is 0 Å². The van der Waals surface area contributed by atoms with E-state index in [9.17, 15) is 9.59 Å². The molecule has 8 heteroatoms. The smallest absolute Gasteiger partial charge is 0.324 e. The lowest BCUT2D eigenvalue weighted by Crippen LogP contribution is -2.43. The molecule has 1 aliphatic heterocycles. The van der Waals surface area contributed by atoms with Crippen LogP contribution in [-0.2, 0) is 4.79 Å². The third kappa shape index (κ3) is 6.47. The number of nitrogens with zero attached hydrogens (tertiary/aromatic N) is 3. The van der Waals surface area contributed by atoms with Crippen molar-refractivity contribution >= 4 is 23.6 Å². The minimum Gasteiger partial charge on any atom is -0.372 e. The summed E-state index contributed by atoms with van der Waals surface area (Å²) in [6.07, 6.45) is 0.937. The second-order valence-electron chi connectivity index (χ2n) is 6.16. The van der Waals surface area contributed by atoms with Crippen molar-refractivity contribution in [1.29, 1.82) is 0 Å². The molecule has 2 rings (SSSR count). The molecular formula is C19H30N6O2. The van der Waals surface area contributed by atoms with Crippen LogP contribution in [0.2, 0.25) is 0 Å². The van der Waals surface area contributed by atoms with E-state index >= 15 is 0 Å². The molecule has 1 heterocycles. The number of hydrogen-bond acceptors (Lipinski definition) is 4. The Morgan fingerprint density at radius 3 is 2.63 bits per heavy atom. The van der Waals surface area contributed by atoms with Crippen LogP contribution in [0.4, 0.5) is 10.5 Å². The monoisotopic (exact) mass is 374 g/mol. The Morgan fingerprint density at radius 1 is 1.22 bits per heavy atom. The van der Waals surface area contributed by atoms with E-state index in [1.807, 2.05) is 13.0 Å². The predicted octanol–water partition coefficient (Wildman–Crippen LogP) is 1.01. The maximum Gasteiger partial charge on any atom is 0.324 e. The number of hydrogen-bond donors (Lipinski definition) is 3. The van der Waals surface area contributed by atoms with Gasteiger partial charge in [0, 0.05) is 45.0 Å². The molecular weight excluding hydrogens is 344 g/mol. The van der Waals surface area contributed by atoms with Crippen LogP contribution < -0.4 is 20.9 Å². The molecule has 0 aliphatic carbocycles. The average molecular weight is 374 g/mol. The van der Waals surface area contributed by atoms with Crippen molar-refractivity contribution < 1.29 is 9.59 Å². The molecule has 1 aromatic rings. The molecule has 8 nitrogen and oxygen atoms in total. The van der Waals surface area contributed by atoms with Gasteiger partial charge in [-0.25, -0.2) is 4.79 Å². The van der Waals surface area contributed by atoms with Gasteiger partial charge >= 0.3 is 6.03 Å². The fourth-order valence-electron chi connectivity index (χ4n) is 2.87. The van der Waals surface area contributed by atoms with E-state index in [0.29, 0.717) is 25.6 Å². The third-order valence-electron chi connectivity index (χ3n) is 4.27. The van der Waals surface area contributed by atoms with Gasteiger partial charge in [0.1, 0.15) is 0 Å². The van der Waals surface area contributed by atoms with Gasteiger partial charge in [-0.15, -0.1) is 0 Å². The second-order valence-corrected chi connectivity index (χ2v) is 6.16. The second kappa shape index (κ2) is 11.1. The van der Waals surface area contributed by atoms with E-state index in [-0.39, 0.29) is 18.5 Å². The van der Waals surface area contributed by atoms with Crippen molar-refractivity contribution in [3.05, 3.63) is 30.3 Å². The zero-order valence-corrected chi connectivity index (χ0v) is 16.2. The Bertz CT molecular complexity index is 618. The van der Waals surface area contributed by atoms with E-state index in [1.165, 1.54) is 10.6 Å². The van der Waals surface area contributed by atoms with Crippen molar-refractivity contribution in [2.24, 2.45) is 4.99 Å². The first-order valence-corrected chi connectivity index (χ1v) is 9.56. The molecule has 0 radical (unpaired) electrons. The highest BCUT2D eigenvalue weighted by atomic mass is 16.2. The molecule has 3 N–H and O–H groups in total. The summed E-state index contributed by atoms with van der Waals surface area (Å²) < 4.78 is 0. The Balaban J connectivity index is 1.75. The summed E-state index contributed by atoms with van der Waals surface area (Å²) in [5.74, 6) is 0.511. The number of para-hydroxylation sites is 1. The fourth-order valence-corrected chi connectivity index (χ4v) is 2.87. The number of nitrogens with one attached hydrogen (secondary N) is 3. The lowest BCUT2D eigenvalue weighted by molar-refractivity contribution is -0.124. The van der Waals surface area contributed by atoms with E-state index in [1.54, 1.807) is 0 Å². The number of carbonyl (C=O) groups excluding carboxylic acids is 2. The largest absolute Gasteiger partial charge is 0.372 e. The highest BCUT2D eigenvalue weighted by molar-refractivity contribution is 6.01. The summed E-state index contributed by atoms with van der Waals surface area (Å²) in [7, 11) is 0. The van der Waals surface area contributed by atoms with E-state index in [2.05, 4.69) is 57.0 Å². The summed E-state index contributed by atoms with van der Waals surface area (Å²) in [5, 5.41) is 8.87. The number of rotatable bonds is 10. The molecule has 1 aromatic carbocycles. The van der Waals surface area contributed by atoms with Crippen LogP contribution in [0.3, 0.4) is 0 Å². The standard InChI is InChI=1S/C19H30N6O2/c1-3-20-18(22-12-14-25-17(26)15-23-19(25)27)21-11-8-13-24(4-2)16-9-6-5-7-10-16/h5-7,9-10H,3-4,8,11-15H2,1-2H3,(H,23,27)(H2,20,21,22). The molecule has 1 fully saturated rings. The van der Waals surface area contributed by atoms with Gasteiger partial charge in [0.25, 0.3) is 0 Å². The minimum atomic E-state index is -0.329. The van der Waals surface area contributed by atoms with Crippen molar-refractivity contribution in [2.75, 3.05) is 50.7 Å². The molecule has 148 valence electrons. The van der Waals surface area contributed by atoms with Crippen molar-refractivity contribution in [3.8, 4) is 0 Å². The van der Waals surface area contributed by atoms with Gasteiger partial charge in [-0.3, -0.25) is 14.7 Å². The molecule has 0 atom stereocenters. The van der Waals surface area contributed by atoms with Gasteiger partial charge in [0.05, 0.1) is 6.54 Å². The minimum absolute atomic E-state index is 0.0856. The molecule has 0 bridgehead atoms. The van der Waals surface area contributed by atoms with Crippen LogP contribution in [0.25, 0.3) is 0 Å². The number of urea groups is 1. The zero-order valence-electron chi connectivity index (χ0n) is 16.2. The Hall–Kier alpha value is -2.77. The summed E-state index contributed by atoms with van der Waals surface area (Å²) in [6, 6.07) is 10.0. The first-order chi connectivity index (χ1) is 13.2. The number of aliphatic imine (C=N–C) groups is 1. The number of imide groups is 1. The fraction of sp³-hybridized carbons (Fsp3) is 0.526. The number of guanidine groups is 1. The van der Waals surface area contributed by atoms with Crippen LogP contribution in [0.1, 0.15) is 20.3 Å². The third-order valence-corrected chi connectivity index (χ3v) is 4.27. The molecule has 1 saturated heterocycles. The van der Waals surface area contributed by atoms with Crippen molar-refractivity contribution in [1.82, 2.24) is 20.9 Å². The first kappa shape index (κ1) is 20.5. The molecule has 3 amide bonds. The lowest BCUT2D eigenvalue weighted by Gasteiger charge is -2.22. The van der Waals surface area contributed by atoms with Crippen LogP contribution in [0, 0.1) is 0 Å². The molecule has 0 saturated carbocycles. The van der Waals surface area contributed by atoms with Gasteiger partial charge in [-0.05, 0) is 32.4 Å². The van der Waals surface area contributed by atoms with Crippen molar-refractivity contribution in [2.45, 2.75) is 20.3 Å². The highest BCUT2D eigenvalue weighted by Gasteiger charge is 2.27. The van der Waals surface area contributed by atoms with Crippen molar-refractivity contribution in [3.63, 3.8) is 0 Å². The zero-order chi connectivity index (χ0) is 19.5. The van der Waals surface area contributed by atoms with Crippen LogP contribution in [-0.4, -0.2) is 68.6 Å². The summed E-state index contributed by atoms with van der Waals surface area (Å²) in [6.45, 7) is 8.37. The topological polar surface area (TPSA) is 89.1 Å². The van der Waals surface area contributed by atoms with Gasteiger partial charge < -0.3 is 20.9 Å². The number of benzene rings is 1. The first-order valence-electron chi connectivity index (χ1n) is 9.56. The SMILES string of the molecule is CCNC(=NCCCN(CC)c1ccccc1)NCCN1C(=O)CNC1=O. The van der Waals surface area contributed by atoms with Crippen LogP contribution in [0.15, 0.2) is 35.3 Å². The molecule has 1 aliphatic rings. The Kier molecular flexibility index (Phi) is 8.41. The van der Waals surface area contributed by atoms with E-state index < -0.39 is 0 Å². The van der Waals surface area contributed by atoms with E-state index in [4.69, 9.17) is 0 Å². The summed E-state index contributed by atoms with van der Waals surface area (Å²) >= 11 is 0. The average Bonchev–Trinajstić information content (AvgIpc) is 3.00. The summed E-state index contributed by atoms with van der Waals surface area (Å²) in [5.41, 5.74) is 1.22. The lowest BCUT2D eigenvalue weighted by atomic mass is 10.2. The number of carbonyl (C=O) groups is 2. The highest BCUT2D eigenvalue weighted by Crippen LogP contribution is 2.12. The summed E-state index contributed by atoms with van der Waals surface area (Å²) in [4.78, 5) is 31.2. The molecule has 0 spiro atoms. The number of anilines is 1. The van der Waals surface area contributed by atoms with Gasteiger partial charge in [0.2, 0.25) is 5.91 Å². The van der Waals surface area contributed by atoms with Gasteiger partial charge in [-0.2, -0.15) is 0 Å². The van der Waals surface area contributed by atoms with Gasteiger partial charge in [0.15, 0.2) is 5.96 Å². The Labute approximate surface area is 161 Å². The van der Waals surface area contributed by atoms with Gasteiger partial charge in [-0.1, -0.05) is 18.2 Å². The number of amides is 3. The maximum atomic E-state index is 11.6. The molecule has 0 aromatic heterocycles. The Morgan fingerprint density at radius 2 is 2.00 bits per heavy atom.